The summed E-state index contributed by atoms with van der Waals surface area (Å²) in [5.74, 6) is -0.213. The molecule has 0 aliphatic heterocycles. The first kappa shape index (κ1) is 17.2. The fraction of sp³-hybridized carbons (Fsp3) is 0.200. The quantitative estimate of drug-likeness (QED) is 0.669. The van der Waals surface area contributed by atoms with Crippen LogP contribution in [0.3, 0.4) is 0 Å². The number of aryl methyl sites for hydroxylation is 1. The van der Waals surface area contributed by atoms with Gasteiger partial charge >= 0.3 is 0 Å². The minimum atomic E-state index is -0.248. The number of thiazole rings is 1. The number of hydrogen-bond acceptors (Lipinski definition) is 3. The highest BCUT2D eigenvalue weighted by Gasteiger charge is 2.40. The van der Waals surface area contributed by atoms with Gasteiger partial charge in [0.15, 0.2) is 0 Å². The Kier molecular flexibility index (Phi) is 4.51. The summed E-state index contributed by atoms with van der Waals surface area (Å²) in [6.07, 6.45) is 0.824. The highest BCUT2D eigenvalue weighted by Crippen LogP contribution is 2.41. The van der Waals surface area contributed by atoms with Crippen LogP contribution in [0.5, 0.6) is 0 Å². The summed E-state index contributed by atoms with van der Waals surface area (Å²) < 4.78 is 13.4. The molecule has 26 heavy (non-hydrogen) atoms. The van der Waals surface area contributed by atoms with Gasteiger partial charge in [0, 0.05) is 17.5 Å². The van der Waals surface area contributed by atoms with Crippen LogP contribution in [0.4, 0.5) is 4.39 Å². The van der Waals surface area contributed by atoms with Crippen LogP contribution in [0.15, 0.2) is 48.5 Å². The number of aromatic nitrogens is 1. The summed E-state index contributed by atoms with van der Waals surface area (Å²) in [7, 11) is 0. The second-order valence-electron chi connectivity index (χ2n) is 6.39. The highest BCUT2D eigenvalue weighted by molar-refractivity contribution is 7.17. The molecular formula is C20H16ClFN2OS. The second kappa shape index (κ2) is 6.82. The van der Waals surface area contributed by atoms with E-state index in [9.17, 15) is 9.18 Å². The number of amides is 1. The van der Waals surface area contributed by atoms with Crippen LogP contribution in [-0.2, 0) is 0 Å². The molecule has 1 heterocycles. The van der Waals surface area contributed by atoms with E-state index >= 15 is 0 Å². The predicted molar refractivity (Wildman–Crippen MR) is 102 cm³/mol. The third-order valence-corrected chi connectivity index (χ3v) is 6.01. The molecule has 3 nitrogen and oxygen atoms in total. The summed E-state index contributed by atoms with van der Waals surface area (Å²) in [5, 5.41) is 4.38. The van der Waals surface area contributed by atoms with E-state index in [4.69, 9.17) is 11.6 Å². The van der Waals surface area contributed by atoms with Crippen LogP contribution in [0, 0.1) is 12.7 Å². The summed E-state index contributed by atoms with van der Waals surface area (Å²) in [5.41, 5.74) is 2.43. The van der Waals surface area contributed by atoms with Gasteiger partial charge < -0.3 is 5.32 Å². The zero-order chi connectivity index (χ0) is 18.3. The van der Waals surface area contributed by atoms with Gasteiger partial charge in [-0.15, -0.1) is 11.3 Å². The van der Waals surface area contributed by atoms with E-state index in [0.717, 1.165) is 22.6 Å². The first-order valence-corrected chi connectivity index (χ1v) is 9.51. The minimum Gasteiger partial charge on any atom is -0.348 e. The van der Waals surface area contributed by atoms with Crippen LogP contribution in [-0.4, -0.2) is 16.9 Å². The Morgan fingerprint density at radius 1 is 1.27 bits per heavy atom. The van der Waals surface area contributed by atoms with Gasteiger partial charge in [-0.25, -0.2) is 9.37 Å². The fourth-order valence-corrected chi connectivity index (χ4v) is 4.34. The lowest BCUT2D eigenvalue weighted by atomic mass is 10.1. The van der Waals surface area contributed by atoms with Crippen molar-refractivity contribution in [3.63, 3.8) is 0 Å². The van der Waals surface area contributed by atoms with Gasteiger partial charge in [0.1, 0.15) is 15.7 Å². The fourth-order valence-electron chi connectivity index (χ4n) is 3.05. The number of carbonyl (C=O) groups excluding carboxylic acids is 1. The van der Waals surface area contributed by atoms with E-state index in [1.807, 2.05) is 31.2 Å². The molecule has 0 unspecified atom stereocenters. The lowest BCUT2D eigenvalue weighted by Crippen LogP contribution is -2.26. The average molecular weight is 387 g/mol. The first-order valence-electron chi connectivity index (χ1n) is 8.31. The smallest absolute Gasteiger partial charge is 0.263 e. The Hall–Kier alpha value is -2.24. The molecule has 0 radical (unpaired) electrons. The monoisotopic (exact) mass is 386 g/mol. The second-order valence-corrected chi connectivity index (χ2v) is 7.80. The van der Waals surface area contributed by atoms with Crippen molar-refractivity contribution in [1.82, 2.24) is 10.3 Å². The highest BCUT2D eigenvalue weighted by atomic mass is 35.5. The van der Waals surface area contributed by atoms with Crippen LogP contribution in [0.25, 0.3) is 10.6 Å². The van der Waals surface area contributed by atoms with Gasteiger partial charge in [0.25, 0.3) is 5.91 Å². The van der Waals surface area contributed by atoms with E-state index in [0.29, 0.717) is 15.6 Å². The molecule has 1 aliphatic rings. The van der Waals surface area contributed by atoms with E-state index in [-0.39, 0.29) is 23.7 Å². The van der Waals surface area contributed by atoms with Crippen molar-refractivity contribution in [2.24, 2.45) is 0 Å². The number of carbonyl (C=O) groups is 1. The first-order chi connectivity index (χ1) is 12.5. The topological polar surface area (TPSA) is 42.0 Å². The van der Waals surface area contributed by atoms with Crippen LogP contribution in [0.2, 0.25) is 5.02 Å². The molecule has 0 bridgehead atoms. The van der Waals surface area contributed by atoms with Crippen LogP contribution in [0.1, 0.15) is 33.3 Å². The number of halogens is 2. The van der Waals surface area contributed by atoms with Crippen LogP contribution >= 0.6 is 22.9 Å². The Morgan fingerprint density at radius 3 is 2.85 bits per heavy atom. The number of nitrogens with zero attached hydrogens (tertiary/aromatic N) is 1. The molecule has 1 N–H and O–H groups in total. The Morgan fingerprint density at radius 2 is 2.08 bits per heavy atom. The third-order valence-electron chi connectivity index (χ3n) is 4.49. The summed E-state index contributed by atoms with van der Waals surface area (Å²) in [6.45, 7) is 1.82. The van der Waals surface area contributed by atoms with Crippen molar-refractivity contribution < 1.29 is 9.18 Å². The Labute approximate surface area is 159 Å². The van der Waals surface area contributed by atoms with E-state index in [1.165, 1.54) is 23.5 Å². The molecule has 1 amide bonds. The number of benzene rings is 2. The largest absolute Gasteiger partial charge is 0.348 e. The maximum absolute atomic E-state index is 13.4. The predicted octanol–water partition coefficient (Wildman–Crippen LogP) is 5.20. The molecule has 1 fully saturated rings. The van der Waals surface area contributed by atoms with Gasteiger partial charge in [-0.3, -0.25) is 4.79 Å². The molecule has 0 saturated heterocycles. The molecule has 3 aromatic rings. The normalized spacial score (nSPS) is 18.6. The van der Waals surface area contributed by atoms with Crippen molar-refractivity contribution in [1.29, 1.82) is 0 Å². The zero-order valence-electron chi connectivity index (χ0n) is 14.0. The number of hydrogen-bond donors (Lipinski definition) is 1. The average Bonchev–Trinajstić information content (AvgIpc) is 3.27. The van der Waals surface area contributed by atoms with Crippen molar-refractivity contribution in [2.75, 3.05) is 0 Å². The molecule has 6 heteroatoms. The van der Waals surface area contributed by atoms with Gasteiger partial charge in [0.2, 0.25) is 0 Å². The minimum absolute atomic E-state index is 0.0366. The molecule has 4 rings (SSSR count). The SMILES string of the molecule is Cc1nc(-c2ccccc2Cl)sc1C(=O)N[C@H]1C[C@@H]1c1cccc(F)c1. The van der Waals surface area contributed by atoms with Crippen LogP contribution < -0.4 is 5.32 Å². The molecule has 2 aromatic carbocycles. The molecule has 0 spiro atoms. The molecular weight excluding hydrogens is 371 g/mol. The van der Waals surface area contributed by atoms with Gasteiger partial charge in [-0.05, 0) is 37.1 Å². The van der Waals surface area contributed by atoms with Gasteiger partial charge in [0.05, 0.1) is 10.7 Å². The van der Waals surface area contributed by atoms with Crippen molar-refractivity contribution >= 4 is 28.8 Å². The number of rotatable bonds is 4. The van der Waals surface area contributed by atoms with E-state index in [2.05, 4.69) is 10.3 Å². The molecule has 1 aromatic heterocycles. The molecule has 1 aliphatic carbocycles. The van der Waals surface area contributed by atoms with Gasteiger partial charge in [-0.1, -0.05) is 41.9 Å². The third kappa shape index (κ3) is 3.37. The lowest BCUT2D eigenvalue weighted by molar-refractivity contribution is 0.0953. The molecule has 1 saturated carbocycles. The summed E-state index contributed by atoms with van der Waals surface area (Å²) in [6, 6.07) is 14.0. The standard InChI is InChI=1S/C20H16ClFN2OS/c1-11-18(26-20(23-11)14-7-2-3-8-16(14)21)19(25)24-17-10-15(17)12-5-4-6-13(22)9-12/h2-9,15,17H,10H2,1H3,(H,24,25)/t15-,17+/m1/s1. The Bertz CT molecular complexity index is 987. The molecule has 2 atom stereocenters. The van der Waals surface area contributed by atoms with Crippen molar-refractivity contribution in [2.45, 2.75) is 25.3 Å². The molecule has 132 valence electrons. The summed E-state index contributed by atoms with van der Waals surface area (Å²) in [4.78, 5) is 17.7. The van der Waals surface area contributed by atoms with Crippen molar-refractivity contribution in [3.05, 3.63) is 75.5 Å². The number of nitrogens with one attached hydrogen (secondary N) is 1. The lowest BCUT2D eigenvalue weighted by Gasteiger charge is -2.04. The van der Waals surface area contributed by atoms with Crippen molar-refractivity contribution in [3.8, 4) is 10.6 Å². The maximum Gasteiger partial charge on any atom is 0.263 e. The van der Waals surface area contributed by atoms with E-state index in [1.54, 1.807) is 12.1 Å². The summed E-state index contributed by atoms with van der Waals surface area (Å²) >= 11 is 7.57. The van der Waals surface area contributed by atoms with Gasteiger partial charge in [-0.2, -0.15) is 0 Å². The maximum atomic E-state index is 13.4. The zero-order valence-corrected chi connectivity index (χ0v) is 15.6. The van der Waals surface area contributed by atoms with E-state index < -0.39 is 0 Å². The Balaban J connectivity index is 1.49.